The average molecular weight is 481 g/mol. The molecule has 5 nitrogen and oxygen atoms in total. The predicted octanol–water partition coefficient (Wildman–Crippen LogP) is 7.17. The molecule has 0 aliphatic rings. The van der Waals surface area contributed by atoms with Crippen molar-refractivity contribution in [2.45, 2.75) is 39.5 Å². The highest BCUT2D eigenvalue weighted by molar-refractivity contribution is 6.36. The van der Waals surface area contributed by atoms with Crippen LogP contribution in [0.4, 0.5) is 0 Å². The summed E-state index contributed by atoms with van der Waals surface area (Å²) in [5.74, 6) is 0.798. The Labute approximate surface area is 195 Å². The Kier molecular flexibility index (Phi) is 7.42. The molecule has 0 saturated heterocycles. The molecule has 0 amide bonds. The molecule has 0 bridgehead atoms. The third-order valence-corrected chi connectivity index (χ3v) is 5.35. The van der Waals surface area contributed by atoms with Crippen molar-refractivity contribution < 1.29 is 18.7 Å². The van der Waals surface area contributed by atoms with Crippen molar-refractivity contribution in [2.75, 3.05) is 0 Å². The number of carbonyl (C=O) groups excluding carboxylic acids is 2. The minimum atomic E-state index is -0.482. The van der Waals surface area contributed by atoms with Crippen LogP contribution in [0.1, 0.15) is 54.9 Å². The highest BCUT2D eigenvalue weighted by Gasteiger charge is 2.20. The molecule has 8 heteroatoms. The second kappa shape index (κ2) is 9.86. The molecule has 162 valence electrons. The second-order valence-corrected chi connectivity index (χ2v) is 8.52. The normalized spacial score (nSPS) is 11.1. The van der Waals surface area contributed by atoms with Crippen molar-refractivity contribution in [3.05, 3.63) is 68.5 Å². The molecule has 0 N–H and O–H groups in total. The van der Waals surface area contributed by atoms with E-state index in [-0.39, 0.29) is 28.9 Å². The van der Waals surface area contributed by atoms with Crippen LogP contribution in [0.15, 0.2) is 40.8 Å². The number of Topliss-reactive ketones (excluding diaryl/α,β-unsaturated/α-hetero) is 1. The maximum Gasteiger partial charge on any atom is 0.308 e. The van der Waals surface area contributed by atoms with E-state index in [1.54, 1.807) is 24.3 Å². The number of ketones is 1. The molecule has 0 saturated carbocycles. The maximum atomic E-state index is 12.7. The maximum absolute atomic E-state index is 12.7. The number of benzene rings is 2. The molecule has 0 unspecified atom stereocenters. The zero-order valence-electron chi connectivity index (χ0n) is 17.2. The summed E-state index contributed by atoms with van der Waals surface area (Å²) in [6.45, 7) is 5.27. The number of nitrogens with zero attached hydrogens (tertiary/aromatic N) is 1. The summed E-state index contributed by atoms with van der Waals surface area (Å²) >= 11 is 18.4. The SMILES string of the molecule is CC(=O)Oc1ccc(C(=O)CCc2nc(-c3ccc(Cl)cc3Cl)oc2C(C)C)cc1Cl. The second-order valence-electron chi connectivity index (χ2n) is 7.27. The lowest BCUT2D eigenvalue weighted by atomic mass is 10.0. The molecular formula is C23H20Cl3NO4. The molecule has 2 aromatic carbocycles. The molecule has 0 atom stereocenters. The molecule has 0 aliphatic heterocycles. The minimum Gasteiger partial charge on any atom is -0.441 e. The standard InChI is InChI=1S/C23H20Cl3NO4/c1-12(2)22-19(27-23(31-22)16-6-5-15(24)11-17(16)25)7-8-20(29)14-4-9-21(18(26)10-14)30-13(3)28/h4-6,9-12H,7-8H2,1-3H3. The Morgan fingerprint density at radius 2 is 1.81 bits per heavy atom. The van der Waals surface area contributed by atoms with Crippen LogP contribution in [0.3, 0.4) is 0 Å². The van der Waals surface area contributed by atoms with E-state index in [9.17, 15) is 9.59 Å². The summed E-state index contributed by atoms with van der Waals surface area (Å²) in [7, 11) is 0. The van der Waals surface area contributed by atoms with Gasteiger partial charge in [0, 0.05) is 36.3 Å². The Bertz CT molecular complexity index is 1140. The van der Waals surface area contributed by atoms with Gasteiger partial charge in [-0.05, 0) is 36.4 Å². The van der Waals surface area contributed by atoms with E-state index in [1.807, 2.05) is 13.8 Å². The van der Waals surface area contributed by atoms with Gasteiger partial charge >= 0.3 is 5.97 Å². The minimum absolute atomic E-state index is 0.0786. The van der Waals surface area contributed by atoms with Crippen LogP contribution < -0.4 is 4.74 Å². The molecule has 31 heavy (non-hydrogen) atoms. The largest absolute Gasteiger partial charge is 0.441 e. The fourth-order valence-corrected chi connectivity index (χ4v) is 3.77. The zero-order valence-corrected chi connectivity index (χ0v) is 19.4. The lowest BCUT2D eigenvalue weighted by molar-refractivity contribution is -0.131. The monoisotopic (exact) mass is 479 g/mol. The summed E-state index contributed by atoms with van der Waals surface area (Å²) in [4.78, 5) is 28.4. The lowest BCUT2D eigenvalue weighted by Gasteiger charge is -2.07. The number of aromatic nitrogens is 1. The topological polar surface area (TPSA) is 69.4 Å². The summed E-state index contributed by atoms with van der Waals surface area (Å²) in [5, 5.41) is 1.16. The van der Waals surface area contributed by atoms with Crippen LogP contribution in [0.2, 0.25) is 15.1 Å². The fourth-order valence-electron chi connectivity index (χ4n) is 3.06. The van der Waals surface area contributed by atoms with Crippen molar-refractivity contribution in [3.63, 3.8) is 0 Å². The fraction of sp³-hybridized carbons (Fsp3) is 0.261. The van der Waals surface area contributed by atoms with Crippen molar-refractivity contribution in [3.8, 4) is 17.2 Å². The van der Waals surface area contributed by atoms with E-state index in [0.29, 0.717) is 44.9 Å². The van der Waals surface area contributed by atoms with Gasteiger partial charge in [-0.2, -0.15) is 0 Å². The molecule has 0 spiro atoms. The predicted molar refractivity (Wildman–Crippen MR) is 121 cm³/mol. The van der Waals surface area contributed by atoms with Crippen LogP contribution in [0.5, 0.6) is 5.75 Å². The molecular weight excluding hydrogens is 461 g/mol. The van der Waals surface area contributed by atoms with Crippen molar-refractivity contribution in [1.29, 1.82) is 0 Å². The van der Waals surface area contributed by atoms with Gasteiger partial charge in [0.15, 0.2) is 5.78 Å². The number of esters is 1. The zero-order chi connectivity index (χ0) is 22.7. The summed E-state index contributed by atoms with van der Waals surface area (Å²) < 4.78 is 11.0. The van der Waals surface area contributed by atoms with E-state index >= 15 is 0 Å². The van der Waals surface area contributed by atoms with Gasteiger partial charge in [-0.15, -0.1) is 0 Å². The van der Waals surface area contributed by atoms with Gasteiger partial charge in [-0.25, -0.2) is 4.98 Å². The first-order valence-corrected chi connectivity index (χ1v) is 10.7. The average Bonchev–Trinajstić information content (AvgIpc) is 3.11. The highest BCUT2D eigenvalue weighted by atomic mass is 35.5. The van der Waals surface area contributed by atoms with E-state index in [0.717, 1.165) is 0 Å². The van der Waals surface area contributed by atoms with Gasteiger partial charge in [-0.3, -0.25) is 9.59 Å². The Morgan fingerprint density at radius 1 is 1.06 bits per heavy atom. The number of halogens is 3. The van der Waals surface area contributed by atoms with Crippen LogP contribution in [-0.4, -0.2) is 16.7 Å². The molecule has 0 fully saturated rings. The Morgan fingerprint density at radius 3 is 2.42 bits per heavy atom. The molecule has 3 rings (SSSR count). The van der Waals surface area contributed by atoms with Gasteiger partial charge in [0.1, 0.15) is 11.5 Å². The third kappa shape index (κ3) is 5.67. The van der Waals surface area contributed by atoms with Crippen molar-refractivity contribution >= 4 is 46.6 Å². The number of rotatable bonds is 7. The number of carbonyl (C=O) groups is 2. The molecule has 0 radical (unpaired) electrons. The number of hydrogen-bond acceptors (Lipinski definition) is 5. The van der Waals surface area contributed by atoms with Gasteiger partial charge in [0.25, 0.3) is 0 Å². The summed E-state index contributed by atoms with van der Waals surface area (Å²) in [6, 6.07) is 9.68. The van der Waals surface area contributed by atoms with Gasteiger partial charge in [0.05, 0.1) is 21.3 Å². The first-order valence-electron chi connectivity index (χ1n) is 9.62. The number of aryl methyl sites for hydroxylation is 1. The van der Waals surface area contributed by atoms with Crippen LogP contribution in [0, 0.1) is 0 Å². The van der Waals surface area contributed by atoms with E-state index in [4.69, 9.17) is 44.0 Å². The van der Waals surface area contributed by atoms with E-state index in [2.05, 4.69) is 4.98 Å². The van der Waals surface area contributed by atoms with Crippen molar-refractivity contribution in [1.82, 2.24) is 4.98 Å². The molecule has 1 aromatic heterocycles. The van der Waals surface area contributed by atoms with E-state index < -0.39 is 5.97 Å². The lowest BCUT2D eigenvalue weighted by Crippen LogP contribution is -2.05. The van der Waals surface area contributed by atoms with Gasteiger partial charge < -0.3 is 9.15 Å². The van der Waals surface area contributed by atoms with Crippen LogP contribution in [0.25, 0.3) is 11.5 Å². The quantitative estimate of drug-likeness (QED) is 0.204. The van der Waals surface area contributed by atoms with Gasteiger partial charge in [0.2, 0.25) is 5.89 Å². The van der Waals surface area contributed by atoms with Crippen LogP contribution >= 0.6 is 34.8 Å². The smallest absolute Gasteiger partial charge is 0.308 e. The summed E-state index contributed by atoms with van der Waals surface area (Å²) in [5.41, 5.74) is 1.77. The Balaban J connectivity index is 1.79. The molecule has 1 heterocycles. The number of hydrogen-bond donors (Lipinski definition) is 0. The Hall–Kier alpha value is -2.34. The first kappa shape index (κ1) is 23.3. The van der Waals surface area contributed by atoms with E-state index in [1.165, 1.54) is 19.1 Å². The summed E-state index contributed by atoms with van der Waals surface area (Å²) in [6.07, 6.45) is 0.605. The number of oxazole rings is 1. The van der Waals surface area contributed by atoms with Crippen LogP contribution in [-0.2, 0) is 11.2 Å². The molecule has 0 aliphatic carbocycles. The molecule has 3 aromatic rings. The highest BCUT2D eigenvalue weighted by Crippen LogP contribution is 2.33. The number of ether oxygens (including phenoxy) is 1. The van der Waals surface area contributed by atoms with Crippen molar-refractivity contribution in [2.24, 2.45) is 0 Å². The third-order valence-electron chi connectivity index (χ3n) is 4.51. The van der Waals surface area contributed by atoms with Gasteiger partial charge in [-0.1, -0.05) is 48.7 Å². The first-order chi connectivity index (χ1) is 14.7.